The van der Waals surface area contributed by atoms with Crippen LogP contribution in [-0.4, -0.2) is 22.4 Å². The summed E-state index contributed by atoms with van der Waals surface area (Å²) in [6.07, 6.45) is 2.83. The number of imidazole rings is 1. The summed E-state index contributed by atoms with van der Waals surface area (Å²) < 4.78 is 7.14. The van der Waals surface area contributed by atoms with E-state index in [1.165, 1.54) is 7.11 Å². The normalized spacial score (nSPS) is 12.3. The first-order valence-corrected chi connectivity index (χ1v) is 5.91. The number of aryl methyl sites for hydroxylation is 1. The molecule has 2 rings (SSSR count). The molecular weight excluding hydrogens is 228 g/mol. The fourth-order valence-electron chi connectivity index (χ4n) is 1.93. The second kappa shape index (κ2) is 5.60. The molecule has 1 aromatic carbocycles. The van der Waals surface area contributed by atoms with Crippen LogP contribution in [0, 0.1) is 0 Å². The lowest BCUT2D eigenvalue weighted by atomic mass is 10.1. The Hall–Kier alpha value is -1.94. The van der Waals surface area contributed by atoms with E-state index < -0.39 is 6.10 Å². The number of ether oxygens (including phenoxy) is 1. The van der Waals surface area contributed by atoms with E-state index in [1.807, 2.05) is 41.8 Å². The summed E-state index contributed by atoms with van der Waals surface area (Å²) in [6, 6.07) is 9.45. The van der Waals surface area contributed by atoms with Crippen molar-refractivity contribution in [1.29, 1.82) is 0 Å². The number of methoxy groups -OCH3 is 1. The van der Waals surface area contributed by atoms with Gasteiger partial charge in [-0.2, -0.15) is 0 Å². The van der Waals surface area contributed by atoms with E-state index in [-0.39, 0.29) is 5.78 Å². The molecule has 1 atom stereocenters. The zero-order chi connectivity index (χ0) is 13.0. The molecule has 0 saturated carbocycles. The van der Waals surface area contributed by atoms with Gasteiger partial charge in [0.15, 0.2) is 5.82 Å². The van der Waals surface area contributed by atoms with Crippen molar-refractivity contribution in [3.05, 3.63) is 54.1 Å². The van der Waals surface area contributed by atoms with Gasteiger partial charge in [-0.05, 0) is 12.5 Å². The van der Waals surface area contributed by atoms with Gasteiger partial charge in [-0.3, -0.25) is 4.79 Å². The first-order chi connectivity index (χ1) is 8.77. The highest BCUT2D eigenvalue weighted by Crippen LogP contribution is 2.20. The third kappa shape index (κ3) is 2.33. The van der Waals surface area contributed by atoms with Crippen LogP contribution >= 0.6 is 0 Å². The van der Waals surface area contributed by atoms with Crippen LogP contribution in [0.2, 0.25) is 0 Å². The fraction of sp³-hybridized carbons (Fsp3) is 0.286. The van der Waals surface area contributed by atoms with Gasteiger partial charge in [-0.1, -0.05) is 30.3 Å². The number of carbonyl (C=O) groups is 1. The van der Waals surface area contributed by atoms with E-state index in [0.29, 0.717) is 12.4 Å². The average Bonchev–Trinajstić information content (AvgIpc) is 2.89. The molecule has 0 bridgehead atoms. The van der Waals surface area contributed by atoms with E-state index in [2.05, 4.69) is 4.98 Å². The number of rotatable bonds is 5. The van der Waals surface area contributed by atoms with Gasteiger partial charge in [0, 0.05) is 26.0 Å². The topological polar surface area (TPSA) is 44.1 Å². The molecule has 0 spiro atoms. The summed E-state index contributed by atoms with van der Waals surface area (Å²) in [4.78, 5) is 16.5. The second-order valence-electron chi connectivity index (χ2n) is 3.93. The summed E-state index contributed by atoms with van der Waals surface area (Å²) in [5.74, 6) is 0.323. The molecule has 0 saturated heterocycles. The number of ketones is 1. The summed E-state index contributed by atoms with van der Waals surface area (Å²) in [5.41, 5.74) is 0.843. The molecule has 0 N–H and O–H groups in total. The molecule has 4 nitrogen and oxygen atoms in total. The van der Waals surface area contributed by atoms with Gasteiger partial charge in [0.1, 0.15) is 6.10 Å². The molecule has 2 aromatic rings. The van der Waals surface area contributed by atoms with Crippen molar-refractivity contribution < 1.29 is 9.53 Å². The molecule has 0 amide bonds. The average molecular weight is 244 g/mol. The molecule has 0 radical (unpaired) electrons. The van der Waals surface area contributed by atoms with Gasteiger partial charge in [0.05, 0.1) is 0 Å². The van der Waals surface area contributed by atoms with Crippen molar-refractivity contribution in [3.63, 3.8) is 0 Å². The third-order valence-corrected chi connectivity index (χ3v) is 2.85. The van der Waals surface area contributed by atoms with Crippen molar-refractivity contribution in [2.45, 2.75) is 19.6 Å². The number of benzene rings is 1. The summed E-state index contributed by atoms with van der Waals surface area (Å²) >= 11 is 0. The van der Waals surface area contributed by atoms with Crippen LogP contribution in [0.4, 0.5) is 0 Å². The lowest BCUT2D eigenvalue weighted by Crippen LogP contribution is -2.19. The summed E-state index contributed by atoms with van der Waals surface area (Å²) in [7, 11) is 1.54. The van der Waals surface area contributed by atoms with Crippen LogP contribution in [0.1, 0.15) is 29.2 Å². The molecule has 0 aliphatic carbocycles. The minimum absolute atomic E-state index is 0.115. The number of hydrogen-bond donors (Lipinski definition) is 0. The van der Waals surface area contributed by atoms with E-state index in [1.54, 1.807) is 12.4 Å². The molecule has 18 heavy (non-hydrogen) atoms. The Morgan fingerprint density at radius 1 is 1.39 bits per heavy atom. The Bertz CT molecular complexity index is 520. The predicted octanol–water partition coefficient (Wildman–Crippen LogP) is 2.47. The molecule has 0 fully saturated rings. The molecule has 4 heteroatoms. The number of carbonyl (C=O) groups excluding carboxylic acids is 1. The Morgan fingerprint density at radius 2 is 2.11 bits per heavy atom. The molecule has 1 heterocycles. The van der Waals surface area contributed by atoms with Crippen LogP contribution in [0.3, 0.4) is 0 Å². The standard InChI is InChI=1S/C14H16N2O2/c1-3-16-10-9-15-14(16)12(17)13(18-2)11-7-5-4-6-8-11/h4-10,13H,3H2,1-2H3. The van der Waals surface area contributed by atoms with Crippen molar-refractivity contribution in [2.24, 2.45) is 0 Å². The maximum Gasteiger partial charge on any atom is 0.231 e. The van der Waals surface area contributed by atoms with E-state index >= 15 is 0 Å². The van der Waals surface area contributed by atoms with Gasteiger partial charge in [0.25, 0.3) is 0 Å². The molecular formula is C14H16N2O2. The van der Waals surface area contributed by atoms with Gasteiger partial charge in [0.2, 0.25) is 5.78 Å². The quantitative estimate of drug-likeness (QED) is 0.759. The van der Waals surface area contributed by atoms with Gasteiger partial charge in [-0.25, -0.2) is 4.98 Å². The first-order valence-electron chi connectivity index (χ1n) is 5.91. The molecule has 0 aliphatic heterocycles. The van der Waals surface area contributed by atoms with Crippen molar-refractivity contribution in [3.8, 4) is 0 Å². The highest BCUT2D eigenvalue weighted by Gasteiger charge is 2.24. The predicted molar refractivity (Wildman–Crippen MR) is 68.4 cm³/mol. The Labute approximate surface area is 106 Å². The Balaban J connectivity index is 2.32. The fourth-order valence-corrected chi connectivity index (χ4v) is 1.93. The minimum Gasteiger partial charge on any atom is -0.368 e. The molecule has 0 aliphatic rings. The highest BCUT2D eigenvalue weighted by atomic mass is 16.5. The second-order valence-corrected chi connectivity index (χ2v) is 3.93. The maximum absolute atomic E-state index is 12.4. The van der Waals surface area contributed by atoms with Gasteiger partial charge < -0.3 is 9.30 Å². The van der Waals surface area contributed by atoms with Gasteiger partial charge in [-0.15, -0.1) is 0 Å². The zero-order valence-electron chi connectivity index (χ0n) is 10.5. The molecule has 94 valence electrons. The van der Waals surface area contributed by atoms with E-state index in [0.717, 1.165) is 5.56 Å². The Kier molecular flexibility index (Phi) is 3.89. The highest BCUT2D eigenvalue weighted by molar-refractivity contribution is 5.97. The largest absolute Gasteiger partial charge is 0.368 e. The van der Waals surface area contributed by atoms with E-state index in [9.17, 15) is 4.79 Å². The monoisotopic (exact) mass is 244 g/mol. The van der Waals surface area contributed by atoms with Crippen LogP contribution in [-0.2, 0) is 11.3 Å². The smallest absolute Gasteiger partial charge is 0.231 e. The Morgan fingerprint density at radius 3 is 2.72 bits per heavy atom. The van der Waals surface area contributed by atoms with Crippen molar-refractivity contribution in [2.75, 3.05) is 7.11 Å². The number of nitrogens with zero attached hydrogens (tertiary/aromatic N) is 2. The lowest BCUT2D eigenvalue weighted by Gasteiger charge is -2.14. The van der Waals surface area contributed by atoms with Crippen molar-refractivity contribution >= 4 is 5.78 Å². The van der Waals surface area contributed by atoms with Crippen LogP contribution in [0.15, 0.2) is 42.7 Å². The number of Topliss-reactive ketones (excluding diaryl/α,β-unsaturated/α-hetero) is 1. The SMILES string of the molecule is CCn1ccnc1C(=O)C(OC)c1ccccc1. The number of aromatic nitrogens is 2. The summed E-state index contributed by atoms with van der Waals surface area (Å²) in [6.45, 7) is 2.69. The lowest BCUT2D eigenvalue weighted by molar-refractivity contribution is 0.0589. The molecule has 1 unspecified atom stereocenters. The van der Waals surface area contributed by atoms with Crippen LogP contribution in [0.25, 0.3) is 0 Å². The third-order valence-electron chi connectivity index (χ3n) is 2.85. The van der Waals surface area contributed by atoms with Crippen LogP contribution in [0.5, 0.6) is 0 Å². The number of hydrogen-bond acceptors (Lipinski definition) is 3. The first kappa shape index (κ1) is 12.5. The van der Waals surface area contributed by atoms with Crippen LogP contribution < -0.4 is 0 Å². The zero-order valence-corrected chi connectivity index (χ0v) is 10.5. The van der Waals surface area contributed by atoms with Crippen molar-refractivity contribution in [1.82, 2.24) is 9.55 Å². The maximum atomic E-state index is 12.4. The van der Waals surface area contributed by atoms with E-state index in [4.69, 9.17) is 4.74 Å². The van der Waals surface area contributed by atoms with Gasteiger partial charge >= 0.3 is 0 Å². The molecule has 1 aromatic heterocycles. The minimum atomic E-state index is -0.598. The summed E-state index contributed by atoms with van der Waals surface area (Å²) in [5, 5.41) is 0.